The molecule has 6 nitrogen and oxygen atoms in total. The minimum absolute atomic E-state index is 0.0490. The summed E-state index contributed by atoms with van der Waals surface area (Å²) in [6.07, 6.45) is 1.08. The summed E-state index contributed by atoms with van der Waals surface area (Å²) in [6, 6.07) is 4.60. The number of benzene rings is 1. The summed E-state index contributed by atoms with van der Waals surface area (Å²) in [6.45, 7) is 3.30. The molecule has 0 saturated carbocycles. The number of carbonyl (C=O) groups is 1. The van der Waals surface area contributed by atoms with Crippen LogP contribution < -0.4 is 15.2 Å². The number of hydrogen-bond acceptors (Lipinski definition) is 4. The smallest absolute Gasteiger partial charge is 0.238 e. The van der Waals surface area contributed by atoms with Crippen molar-refractivity contribution >= 4 is 15.9 Å². The maximum Gasteiger partial charge on any atom is 0.238 e. The van der Waals surface area contributed by atoms with E-state index in [0.29, 0.717) is 24.2 Å². The maximum atomic E-state index is 11.5. The predicted molar refractivity (Wildman–Crippen MR) is 76.0 cm³/mol. The van der Waals surface area contributed by atoms with E-state index in [0.717, 1.165) is 0 Å². The normalized spacial score (nSPS) is 12.8. The molecule has 0 aromatic heterocycles. The molecule has 0 saturated heterocycles. The Morgan fingerprint density at radius 1 is 1.45 bits per heavy atom. The van der Waals surface area contributed by atoms with E-state index < -0.39 is 10.0 Å². The van der Waals surface area contributed by atoms with Crippen LogP contribution in [0, 0.1) is 0 Å². The lowest BCUT2D eigenvalue weighted by atomic mass is 10.1. The number of nitrogens with two attached hydrogens (primary N) is 1. The number of methoxy groups -OCH3 is 1. The molecule has 0 aliphatic heterocycles. The van der Waals surface area contributed by atoms with Gasteiger partial charge in [-0.3, -0.25) is 4.79 Å². The van der Waals surface area contributed by atoms with E-state index in [-0.39, 0.29) is 16.8 Å². The van der Waals surface area contributed by atoms with Gasteiger partial charge in [-0.1, -0.05) is 0 Å². The molecule has 3 N–H and O–H groups in total. The zero-order chi connectivity index (χ0) is 15.3. The van der Waals surface area contributed by atoms with Crippen molar-refractivity contribution in [2.24, 2.45) is 5.14 Å². The molecule has 0 bridgehead atoms. The third-order valence-electron chi connectivity index (χ3n) is 2.87. The van der Waals surface area contributed by atoms with Crippen molar-refractivity contribution in [3.05, 3.63) is 23.8 Å². The first-order chi connectivity index (χ1) is 9.24. The monoisotopic (exact) mass is 300 g/mol. The molecule has 7 heteroatoms. The summed E-state index contributed by atoms with van der Waals surface area (Å²) in [5.41, 5.74) is 0.587. The summed E-state index contributed by atoms with van der Waals surface area (Å²) in [5.74, 6) is 0.453. The molecule has 0 spiro atoms. The van der Waals surface area contributed by atoms with Gasteiger partial charge in [0.15, 0.2) is 0 Å². The molecular formula is C13H20N2O4S. The van der Waals surface area contributed by atoms with Crippen molar-refractivity contribution < 1.29 is 17.9 Å². The van der Waals surface area contributed by atoms with Crippen LogP contribution in [0.25, 0.3) is 0 Å². The van der Waals surface area contributed by atoms with Crippen LogP contribution in [0.1, 0.15) is 25.8 Å². The molecule has 1 unspecified atom stereocenters. The molecule has 0 fully saturated rings. The Hall–Kier alpha value is -1.60. The van der Waals surface area contributed by atoms with Crippen molar-refractivity contribution in [3.63, 3.8) is 0 Å². The van der Waals surface area contributed by atoms with Gasteiger partial charge in [0.25, 0.3) is 0 Å². The van der Waals surface area contributed by atoms with Crippen molar-refractivity contribution in [2.45, 2.75) is 37.6 Å². The van der Waals surface area contributed by atoms with Crippen molar-refractivity contribution in [3.8, 4) is 5.75 Å². The lowest BCUT2D eigenvalue weighted by Gasteiger charge is -2.14. The highest BCUT2D eigenvalue weighted by Crippen LogP contribution is 2.22. The molecule has 0 aliphatic carbocycles. The second-order valence-electron chi connectivity index (χ2n) is 4.66. The van der Waals surface area contributed by atoms with E-state index in [1.165, 1.54) is 20.1 Å². The Balaban J connectivity index is 2.94. The quantitative estimate of drug-likeness (QED) is 0.811. The van der Waals surface area contributed by atoms with Gasteiger partial charge in [-0.2, -0.15) is 0 Å². The van der Waals surface area contributed by atoms with Gasteiger partial charge in [-0.25, -0.2) is 13.6 Å². The van der Waals surface area contributed by atoms with Gasteiger partial charge in [0.1, 0.15) is 5.75 Å². The fraction of sp³-hybridized carbons (Fsp3) is 0.462. The average Bonchev–Trinajstić information content (AvgIpc) is 2.34. The van der Waals surface area contributed by atoms with E-state index in [1.54, 1.807) is 12.1 Å². The van der Waals surface area contributed by atoms with Crippen LogP contribution in [-0.4, -0.2) is 27.5 Å². The minimum atomic E-state index is -3.77. The van der Waals surface area contributed by atoms with E-state index in [4.69, 9.17) is 9.88 Å². The first-order valence-electron chi connectivity index (χ1n) is 6.21. The van der Waals surface area contributed by atoms with Gasteiger partial charge < -0.3 is 10.1 Å². The zero-order valence-electron chi connectivity index (χ0n) is 11.8. The van der Waals surface area contributed by atoms with E-state index in [9.17, 15) is 13.2 Å². The van der Waals surface area contributed by atoms with Gasteiger partial charge in [0.2, 0.25) is 15.9 Å². The summed E-state index contributed by atoms with van der Waals surface area (Å²) < 4.78 is 28.2. The highest BCUT2D eigenvalue weighted by molar-refractivity contribution is 7.89. The molecule has 112 valence electrons. The van der Waals surface area contributed by atoms with E-state index in [2.05, 4.69) is 5.32 Å². The molecule has 20 heavy (non-hydrogen) atoms. The summed E-state index contributed by atoms with van der Waals surface area (Å²) in [5, 5.41) is 7.95. The summed E-state index contributed by atoms with van der Waals surface area (Å²) in [7, 11) is -2.26. The van der Waals surface area contributed by atoms with Gasteiger partial charge >= 0.3 is 0 Å². The van der Waals surface area contributed by atoms with Crippen LogP contribution in [0.2, 0.25) is 0 Å². The van der Waals surface area contributed by atoms with Gasteiger partial charge in [-0.15, -0.1) is 0 Å². The van der Waals surface area contributed by atoms with Gasteiger partial charge in [0, 0.05) is 13.0 Å². The lowest BCUT2D eigenvalue weighted by Crippen LogP contribution is -2.30. The molecule has 1 aromatic carbocycles. The number of ether oxygens (including phenoxy) is 1. The SMILES string of the molecule is COc1ccc(S(N)(=O)=O)c(CCC(C)NC(C)=O)c1. The number of amides is 1. The molecule has 0 radical (unpaired) electrons. The summed E-state index contributed by atoms with van der Waals surface area (Å²) >= 11 is 0. The standard InChI is InChI=1S/C13H20N2O4S/c1-9(15-10(2)16)4-5-11-8-12(19-3)6-7-13(11)20(14,17)18/h6-9H,4-5H2,1-3H3,(H,15,16)(H2,14,17,18). The Kier molecular flexibility index (Phi) is 5.52. The van der Waals surface area contributed by atoms with Crippen molar-refractivity contribution in [1.82, 2.24) is 5.32 Å². The van der Waals surface area contributed by atoms with Crippen LogP contribution in [0.5, 0.6) is 5.75 Å². The third kappa shape index (κ3) is 4.82. The van der Waals surface area contributed by atoms with Crippen molar-refractivity contribution in [2.75, 3.05) is 7.11 Å². The van der Waals surface area contributed by atoms with Crippen molar-refractivity contribution in [1.29, 1.82) is 0 Å². The predicted octanol–water partition coefficient (Wildman–Crippen LogP) is 0.800. The Labute approximate surface area is 119 Å². The number of carbonyl (C=O) groups excluding carboxylic acids is 1. The lowest BCUT2D eigenvalue weighted by molar-refractivity contribution is -0.119. The highest BCUT2D eigenvalue weighted by Gasteiger charge is 2.15. The average molecular weight is 300 g/mol. The molecule has 1 amide bonds. The number of nitrogens with one attached hydrogen (secondary N) is 1. The molecule has 0 heterocycles. The largest absolute Gasteiger partial charge is 0.497 e. The Bertz CT molecular complexity index is 584. The second kappa shape index (κ2) is 6.71. The number of hydrogen-bond donors (Lipinski definition) is 2. The molecular weight excluding hydrogens is 280 g/mol. The number of aryl methyl sites for hydroxylation is 1. The number of sulfonamides is 1. The van der Waals surface area contributed by atoms with E-state index in [1.807, 2.05) is 6.92 Å². The minimum Gasteiger partial charge on any atom is -0.497 e. The Morgan fingerprint density at radius 2 is 2.10 bits per heavy atom. The zero-order valence-corrected chi connectivity index (χ0v) is 12.7. The van der Waals surface area contributed by atoms with Gasteiger partial charge in [0.05, 0.1) is 12.0 Å². The van der Waals surface area contributed by atoms with Gasteiger partial charge in [-0.05, 0) is 43.5 Å². The third-order valence-corrected chi connectivity index (χ3v) is 3.88. The fourth-order valence-corrected chi connectivity index (χ4v) is 2.73. The first kappa shape index (κ1) is 16.5. The highest BCUT2D eigenvalue weighted by atomic mass is 32.2. The van der Waals surface area contributed by atoms with Crippen LogP contribution >= 0.6 is 0 Å². The van der Waals surface area contributed by atoms with Crippen LogP contribution in [0.3, 0.4) is 0 Å². The topological polar surface area (TPSA) is 98.5 Å². The number of primary sulfonamides is 1. The first-order valence-corrected chi connectivity index (χ1v) is 7.75. The molecule has 1 rings (SSSR count). The molecule has 1 atom stereocenters. The maximum absolute atomic E-state index is 11.5. The second-order valence-corrected chi connectivity index (χ2v) is 6.19. The Morgan fingerprint density at radius 3 is 2.60 bits per heavy atom. The molecule has 1 aromatic rings. The van der Waals surface area contributed by atoms with Crippen LogP contribution in [0.15, 0.2) is 23.1 Å². The summed E-state index contributed by atoms with van der Waals surface area (Å²) in [4.78, 5) is 11.0. The molecule has 0 aliphatic rings. The van der Waals surface area contributed by atoms with Crippen LogP contribution in [0.4, 0.5) is 0 Å². The van der Waals surface area contributed by atoms with E-state index >= 15 is 0 Å². The number of rotatable bonds is 6. The van der Waals surface area contributed by atoms with Crippen LogP contribution in [-0.2, 0) is 21.2 Å². The fourth-order valence-electron chi connectivity index (χ4n) is 1.95.